The molecule has 1 aliphatic rings. The first-order valence-electron chi connectivity index (χ1n) is 6.36. The molecule has 1 aromatic carbocycles. The molecule has 1 aromatic rings. The summed E-state index contributed by atoms with van der Waals surface area (Å²) in [7, 11) is 0. The van der Waals surface area contributed by atoms with E-state index in [1.165, 1.54) is 0 Å². The molecule has 1 saturated heterocycles. The number of hydrogen-bond acceptors (Lipinski definition) is 4. The number of nitriles is 1. The molecule has 0 aromatic heterocycles. The molecule has 0 aliphatic carbocycles. The zero-order chi connectivity index (χ0) is 13.8. The fourth-order valence-corrected chi connectivity index (χ4v) is 2.54. The molecule has 0 radical (unpaired) electrons. The highest BCUT2D eigenvalue weighted by molar-refractivity contribution is 5.67. The van der Waals surface area contributed by atoms with Gasteiger partial charge in [-0.1, -0.05) is 0 Å². The highest BCUT2D eigenvalue weighted by Gasteiger charge is 2.22. The number of hydrogen-bond donors (Lipinski definition) is 2. The molecule has 0 unspecified atom stereocenters. The lowest BCUT2D eigenvalue weighted by Gasteiger charge is -2.33. The summed E-state index contributed by atoms with van der Waals surface area (Å²) in [6.45, 7) is 1.58. The van der Waals surface area contributed by atoms with Crippen LogP contribution in [0.15, 0.2) is 18.2 Å². The zero-order valence-corrected chi connectivity index (χ0v) is 10.7. The molecule has 1 aliphatic heterocycles. The monoisotopic (exact) mass is 259 g/mol. The van der Waals surface area contributed by atoms with E-state index < -0.39 is 5.97 Å². The van der Waals surface area contributed by atoms with E-state index in [1.807, 2.05) is 6.07 Å². The maximum absolute atomic E-state index is 10.7. The van der Waals surface area contributed by atoms with Crippen molar-refractivity contribution in [1.82, 2.24) is 0 Å². The zero-order valence-electron chi connectivity index (χ0n) is 10.7. The molecular weight excluding hydrogens is 242 g/mol. The van der Waals surface area contributed by atoms with E-state index in [1.54, 1.807) is 12.1 Å². The fourth-order valence-electron chi connectivity index (χ4n) is 2.54. The molecular formula is C14H17N3O2. The average molecular weight is 259 g/mol. The van der Waals surface area contributed by atoms with Crippen molar-refractivity contribution in [1.29, 1.82) is 5.26 Å². The predicted molar refractivity (Wildman–Crippen MR) is 72.8 cm³/mol. The van der Waals surface area contributed by atoms with Crippen molar-refractivity contribution in [2.24, 2.45) is 5.92 Å². The number of carbonyl (C=O) groups is 1. The van der Waals surface area contributed by atoms with Crippen LogP contribution in [0.3, 0.4) is 0 Å². The minimum atomic E-state index is -0.733. The second-order valence-electron chi connectivity index (χ2n) is 4.92. The van der Waals surface area contributed by atoms with Crippen molar-refractivity contribution in [2.45, 2.75) is 19.3 Å². The van der Waals surface area contributed by atoms with Gasteiger partial charge in [0.2, 0.25) is 0 Å². The van der Waals surface area contributed by atoms with Crippen LogP contribution in [0, 0.1) is 17.2 Å². The summed E-state index contributed by atoms with van der Waals surface area (Å²) in [5.41, 5.74) is 7.73. The molecule has 5 nitrogen and oxygen atoms in total. The van der Waals surface area contributed by atoms with E-state index >= 15 is 0 Å². The molecule has 19 heavy (non-hydrogen) atoms. The van der Waals surface area contributed by atoms with Crippen molar-refractivity contribution < 1.29 is 9.90 Å². The Hall–Kier alpha value is -2.22. The number of carboxylic acids is 1. The number of anilines is 2. The van der Waals surface area contributed by atoms with Gasteiger partial charge in [-0.2, -0.15) is 5.26 Å². The fraction of sp³-hybridized carbons (Fsp3) is 0.429. The van der Waals surface area contributed by atoms with Gasteiger partial charge in [-0.05, 0) is 37.0 Å². The number of carboxylic acid groups (broad SMARTS) is 1. The third-order valence-electron chi connectivity index (χ3n) is 3.56. The van der Waals surface area contributed by atoms with Gasteiger partial charge in [0.05, 0.1) is 11.3 Å². The van der Waals surface area contributed by atoms with Gasteiger partial charge in [0.1, 0.15) is 6.07 Å². The summed E-state index contributed by atoms with van der Waals surface area (Å²) >= 11 is 0. The second-order valence-corrected chi connectivity index (χ2v) is 4.92. The number of benzene rings is 1. The SMILES string of the molecule is N#Cc1cc(N)ccc1N1CCC(CC(=O)O)CC1. The van der Waals surface area contributed by atoms with Gasteiger partial charge >= 0.3 is 5.97 Å². The van der Waals surface area contributed by atoms with E-state index in [2.05, 4.69) is 11.0 Å². The van der Waals surface area contributed by atoms with Crippen LogP contribution < -0.4 is 10.6 Å². The number of aliphatic carboxylic acids is 1. The summed E-state index contributed by atoms with van der Waals surface area (Å²) < 4.78 is 0. The number of nitrogens with zero attached hydrogens (tertiary/aromatic N) is 2. The standard InChI is InChI=1S/C14H17N3O2/c15-9-11-8-12(16)1-2-13(11)17-5-3-10(4-6-17)7-14(18)19/h1-2,8,10H,3-7,16H2,(H,18,19). The number of piperidine rings is 1. The van der Waals surface area contributed by atoms with Gasteiger partial charge in [0.25, 0.3) is 0 Å². The summed E-state index contributed by atoms with van der Waals surface area (Å²) in [5, 5.41) is 17.9. The predicted octanol–water partition coefficient (Wildman–Crippen LogP) is 1.83. The van der Waals surface area contributed by atoms with Crippen molar-refractivity contribution in [2.75, 3.05) is 23.7 Å². The molecule has 5 heteroatoms. The summed E-state index contributed by atoms with van der Waals surface area (Å²) in [4.78, 5) is 12.8. The van der Waals surface area contributed by atoms with Crippen LogP contribution in [0.2, 0.25) is 0 Å². The Kier molecular flexibility index (Phi) is 3.91. The topological polar surface area (TPSA) is 90.4 Å². The number of nitrogen functional groups attached to an aromatic ring is 1. The third kappa shape index (κ3) is 3.16. The maximum Gasteiger partial charge on any atom is 0.303 e. The first-order valence-corrected chi connectivity index (χ1v) is 6.36. The molecule has 100 valence electrons. The number of rotatable bonds is 3. The summed E-state index contributed by atoms with van der Waals surface area (Å²) in [6.07, 6.45) is 1.93. The highest BCUT2D eigenvalue weighted by atomic mass is 16.4. The van der Waals surface area contributed by atoms with Crippen LogP contribution in [-0.2, 0) is 4.79 Å². The molecule has 0 saturated carbocycles. The third-order valence-corrected chi connectivity index (χ3v) is 3.56. The lowest BCUT2D eigenvalue weighted by Crippen LogP contribution is -2.34. The molecule has 2 rings (SSSR count). The van der Waals surface area contributed by atoms with Crippen molar-refractivity contribution in [3.05, 3.63) is 23.8 Å². The Balaban J connectivity index is 2.06. The lowest BCUT2D eigenvalue weighted by atomic mass is 9.93. The van der Waals surface area contributed by atoms with Gasteiger partial charge in [0.15, 0.2) is 0 Å². The van der Waals surface area contributed by atoms with Crippen LogP contribution in [-0.4, -0.2) is 24.2 Å². The van der Waals surface area contributed by atoms with Crippen LogP contribution >= 0.6 is 0 Å². The molecule has 3 N–H and O–H groups in total. The summed E-state index contributed by atoms with van der Waals surface area (Å²) in [6, 6.07) is 7.50. The Morgan fingerprint density at radius 1 is 1.47 bits per heavy atom. The van der Waals surface area contributed by atoms with Gasteiger partial charge in [0, 0.05) is 25.2 Å². The Labute approximate surface area is 112 Å². The minimum absolute atomic E-state index is 0.237. The van der Waals surface area contributed by atoms with Crippen LogP contribution in [0.1, 0.15) is 24.8 Å². The molecule has 0 amide bonds. The normalized spacial score (nSPS) is 16.1. The maximum atomic E-state index is 10.7. The molecule has 0 spiro atoms. The Morgan fingerprint density at radius 3 is 2.74 bits per heavy atom. The Morgan fingerprint density at radius 2 is 2.16 bits per heavy atom. The van der Waals surface area contributed by atoms with Gasteiger partial charge < -0.3 is 15.7 Å². The molecule has 1 fully saturated rings. The first-order chi connectivity index (χ1) is 9.10. The molecule has 0 bridgehead atoms. The van der Waals surface area contributed by atoms with Gasteiger partial charge in [-0.25, -0.2) is 0 Å². The van der Waals surface area contributed by atoms with E-state index in [0.29, 0.717) is 11.3 Å². The van der Waals surface area contributed by atoms with Crippen LogP contribution in [0.5, 0.6) is 0 Å². The Bertz CT molecular complexity index is 514. The van der Waals surface area contributed by atoms with Crippen molar-refractivity contribution in [3.8, 4) is 6.07 Å². The second kappa shape index (κ2) is 5.61. The van der Waals surface area contributed by atoms with E-state index in [9.17, 15) is 4.79 Å². The minimum Gasteiger partial charge on any atom is -0.481 e. The molecule has 1 heterocycles. The smallest absolute Gasteiger partial charge is 0.303 e. The van der Waals surface area contributed by atoms with Gasteiger partial charge in [-0.3, -0.25) is 4.79 Å². The average Bonchev–Trinajstić information content (AvgIpc) is 2.39. The molecule has 0 atom stereocenters. The van der Waals surface area contributed by atoms with Crippen LogP contribution in [0.4, 0.5) is 11.4 Å². The van der Waals surface area contributed by atoms with Gasteiger partial charge in [-0.15, -0.1) is 0 Å². The van der Waals surface area contributed by atoms with Crippen molar-refractivity contribution in [3.63, 3.8) is 0 Å². The van der Waals surface area contributed by atoms with E-state index in [-0.39, 0.29) is 12.3 Å². The van der Waals surface area contributed by atoms with E-state index in [4.69, 9.17) is 16.1 Å². The highest BCUT2D eigenvalue weighted by Crippen LogP contribution is 2.28. The van der Waals surface area contributed by atoms with E-state index in [0.717, 1.165) is 31.6 Å². The number of nitrogens with two attached hydrogens (primary N) is 1. The van der Waals surface area contributed by atoms with Crippen LogP contribution in [0.25, 0.3) is 0 Å². The quantitative estimate of drug-likeness (QED) is 0.808. The lowest BCUT2D eigenvalue weighted by molar-refractivity contribution is -0.138. The largest absolute Gasteiger partial charge is 0.481 e. The first kappa shape index (κ1) is 13.2. The van der Waals surface area contributed by atoms with Crippen molar-refractivity contribution >= 4 is 17.3 Å². The summed E-state index contributed by atoms with van der Waals surface area (Å²) in [5.74, 6) is -0.489.